The van der Waals surface area contributed by atoms with Crippen LogP contribution in [0.1, 0.15) is 18.1 Å². The van der Waals surface area contributed by atoms with E-state index < -0.39 is 23.2 Å². The molecule has 6 heteroatoms. The Hall–Kier alpha value is -1.72. The molecule has 0 saturated heterocycles. The number of alkyl halides is 3. The lowest BCUT2D eigenvalue weighted by Crippen LogP contribution is -2.41. The third-order valence-electron chi connectivity index (χ3n) is 2.86. The molecule has 0 radical (unpaired) electrons. The number of hydrogen-bond acceptors (Lipinski definition) is 2. The molecule has 0 saturated carbocycles. The van der Waals surface area contributed by atoms with Gasteiger partial charge in [-0.3, -0.25) is 0 Å². The highest BCUT2D eigenvalue weighted by Gasteiger charge is 2.40. The van der Waals surface area contributed by atoms with Gasteiger partial charge in [0, 0.05) is 12.1 Å². The maximum Gasteiger partial charge on any atom is 0.416 e. The van der Waals surface area contributed by atoms with E-state index >= 15 is 0 Å². The van der Waals surface area contributed by atoms with Crippen LogP contribution in [-0.2, 0) is 17.4 Å². The molecule has 0 aromatic heterocycles. The van der Waals surface area contributed by atoms with Crippen LogP contribution in [-0.4, -0.2) is 16.6 Å². The van der Waals surface area contributed by atoms with Gasteiger partial charge in [-0.15, -0.1) is 0 Å². The van der Waals surface area contributed by atoms with Crippen molar-refractivity contribution >= 4 is 11.7 Å². The van der Waals surface area contributed by atoms with Crippen LogP contribution < -0.4 is 5.32 Å². The predicted molar refractivity (Wildman–Crippen MR) is 54.8 cm³/mol. The average Bonchev–Trinajstić information content (AvgIpc) is 2.52. The maximum absolute atomic E-state index is 12.5. The fourth-order valence-electron chi connectivity index (χ4n) is 1.89. The lowest BCUT2D eigenvalue weighted by molar-refractivity contribution is -0.141. The minimum absolute atomic E-state index is 0.0432. The van der Waals surface area contributed by atoms with Gasteiger partial charge >= 0.3 is 12.1 Å². The van der Waals surface area contributed by atoms with Gasteiger partial charge in [-0.25, -0.2) is 4.79 Å². The molecule has 1 unspecified atom stereocenters. The molecular weight excluding hydrogens is 235 g/mol. The molecule has 1 heterocycles. The van der Waals surface area contributed by atoms with E-state index in [1.54, 1.807) is 0 Å². The summed E-state index contributed by atoms with van der Waals surface area (Å²) in [7, 11) is 0. The number of rotatable bonds is 1. The Bertz CT molecular complexity index is 484. The van der Waals surface area contributed by atoms with E-state index in [1.807, 2.05) is 0 Å². The summed E-state index contributed by atoms with van der Waals surface area (Å²) in [5.74, 6) is -1.08. The Balaban J connectivity index is 2.38. The zero-order chi connectivity index (χ0) is 12.8. The van der Waals surface area contributed by atoms with Gasteiger partial charge in [0.15, 0.2) is 0 Å². The van der Waals surface area contributed by atoms with E-state index in [2.05, 4.69) is 5.32 Å². The summed E-state index contributed by atoms with van der Waals surface area (Å²) in [6.07, 6.45) is -4.36. The fourth-order valence-corrected chi connectivity index (χ4v) is 1.89. The smallest absolute Gasteiger partial charge is 0.416 e. The van der Waals surface area contributed by atoms with Crippen LogP contribution in [0, 0.1) is 0 Å². The molecule has 1 aliphatic heterocycles. The van der Waals surface area contributed by atoms with Crippen molar-refractivity contribution in [1.29, 1.82) is 0 Å². The number of carboxylic acid groups (broad SMARTS) is 1. The van der Waals surface area contributed by atoms with Crippen LogP contribution in [0.15, 0.2) is 18.2 Å². The van der Waals surface area contributed by atoms with E-state index in [-0.39, 0.29) is 6.42 Å². The van der Waals surface area contributed by atoms with Crippen molar-refractivity contribution in [1.82, 2.24) is 0 Å². The lowest BCUT2D eigenvalue weighted by atomic mass is 9.97. The molecule has 2 rings (SSSR count). The molecule has 17 heavy (non-hydrogen) atoms. The minimum atomic E-state index is -4.41. The highest BCUT2D eigenvalue weighted by Crippen LogP contribution is 2.37. The highest BCUT2D eigenvalue weighted by molar-refractivity contribution is 5.86. The van der Waals surface area contributed by atoms with Gasteiger partial charge in [0.05, 0.1) is 5.56 Å². The summed E-state index contributed by atoms with van der Waals surface area (Å²) in [6.45, 7) is 1.45. The Labute approximate surface area is 95.3 Å². The second-order valence-corrected chi connectivity index (χ2v) is 4.31. The summed E-state index contributed by atoms with van der Waals surface area (Å²) in [5, 5.41) is 11.7. The van der Waals surface area contributed by atoms with Crippen LogP contribution in [0.2, 0.25) is 0 Å². The molecule has 0 amide bonds. The van der Waals surface area contributed by atoms with Gasteiger partial charge in [-0.2, -0.15) is 13.2 Å². The first-order chi connectivity index (χ1) is 7.72. The monoisotopic (exact) mass is 245 g/mol. The third kappa shape index (κ3) is 1.94. The second kappa shape index (κ2) is 3.38. The predicted octanol–water partition coefficient (Wildman–Crippen LogP) is 2.52. The van der Waals surface area contributed by atoms with E-state index in [0.29, 0.717) is 11.3 Å². The van der Waals surface area contributed by atoms with Crippen LogP contribution in [0.5, 0.6) is 0 Å². The zero-order valence-corrected chi connectivity index (χ0v) is 8.93. The Morgan fingerprint density at radius 1 is 1.47 bits per heavy atom. The summed E-state index contributed by atoms with van der Waals surface area (Å²) in [5.41, 5.74) is -1.16. The summed E-state index contributed by atoms with van der Waals surface area (Å²) in [6, 6.07) is 3.21. The number of halogens is 3. The van der Waals surface area contributed by atoms with Gasteiger partial charge in [0.1, 0.15) is 5.54 Å². The van der Waals surface area contributed by atoms with Gasteiger partial charge in [0.2, 0.25) is 0 Å². The van der Waals surface area contributed by atoms with Crippen molar-refractivity contribution in [2.24, 2.45) is 0 Å². The number of fused-ring (bicyclic) bond motifs is 1. The van der Waals surface area contributed by atoms with E-state index in [0.717, 1.165) is 12.1 Å². The highest BCUT2D eigenvalue weighted by atomic mass is 19.4. The van der Waals surface area contributed by atoms with Crippen LogP contribution in [0.3, 0.4) is 0 Å². The van der Waals surface area contributed by atoms with Crippen molar-refractivity contribution in [3.8, 4) is 0 Å². The lowest BCUT2D eigenvalue weighted by Gasteiger charge is -2.18. The molecule has 0 fully saturated rings. The van der Waals surface area contributed by atoms with Crippen molar-refractivity contribution in [2.45, 2.75) is 25.1 Å². The minimum Gasteiger partial charge on any atom is -0.480 e. The Morgan fingerprint density at radius 3 is 2.65 bits per heavy atom. The number of carboxylic acids is 1. The first kappa shape index (κ1) is 11.8. The average molecular weight is 245 g/mol. The normalized spacial score (nSPS) is 23.1. The molecule has 2 N–H and O–H groups in total. The van der Waals surface area contributed by atoms with E-state index in [1.165, 1.54) is 13.0 Å². The number of benzene rings is 1. The number of aliphatic carboxylic acids is 1. The standard InChI is InChI=1S/C11H10F3NO2/c1-10(9(16)17)5-6-4-7(11(12,13)14)2-3-8(6)15-10/h2-4,15H,5H2,1H3,(H,16,17). The molecule has 1 aliphatic rings. The number of hydrogen-bond donors (Lipinski definition) is 2. The maximum atomic E-state index is 12.5. The summed E-state index contributed by atoms with van der Waals surface area (Å²) >= 11 is 0. The molecule has 0 aliphatic carbocycles. The van der Waals surface area contributed by atoms with Gasteiger partial charge in [-0.05, 0) is 30.7 Å². The quantitative estimate of drug-likeness (QED) is 0.799. The Kier molecular flexibility index (Phi) is 2.34. The second-order valence-electron chi connectivity index (χ2n) is 4.31. The van der Waals surface area contributed by atoms with Gasteiger partial charge < -0.3 is 10.4 Å². The van der Waals surface area contributed by atoms with E-state index in [4.69, 9.17) is 5.11 Å². The largest absolute Gasteiger partial charge is 0.480 e. The van der Waals surface area contributed by atoms with Gasteiger partial charge in [0.25, 0.3) is 0 Å². The Morgan fingerprint density at radius 2 is 2.12 bits per heavy atom. The van der Waals surface area contributed by atoms with Crippen molar-refractivity contribution < 1.29 is 23.1 Å². The van der Waals surface area contributed by atoms with Gasteiger partial charge in [-0.1, -0.05) is 0 Å². The number of nitrogens with one attached hydrogen (secondary N) is 1. The molecule has 3 nitrogen and oxygen atoms in total. The summed E-state index contributed by atoms with van der Waals surface area (Å²) < 4.78 is 37.4. The van der Waals surface area contributed by atoms with Crippen LogP contribution >= 0.6 is 0 Å². The third-order valence-corrected chi connectivity index (χ3v) is 2.86. The molecule has 1 atom stereocenters. The van der Waals surface area contributed by atoms with Crippen molar-refractivity contribution in [3.63, 3.8) is 0 Å². The zero-order valence-electron chi connectivity index (χ0n) is 8.93. The number of anilines is 1. The van der Waals surface area contributed by atoms with Crippen LogP contribution in [0.25, 0.3) is 0 Å². The molecule has 0 bridgehead atoms. The molecule has 1 aromatic carbocycles. The molecular formula is C11H10F3NO2. The number of carbonyl (C=O) groups is 1. The van der Waals surface area contributed by atoms with Crippen LogP contribution in [0.4, 0.5) is 18.9 Å². The summed E-state index contributed by atoms with van der Waals surface area (Å²) in [4.78, 5) is 11.0. The van der Waals surface area contributed by atoms with Crippen molar-refractivity contribution in [2.75, 3.05) is 5.32 Å². The SMILES string of the molecule is CC1(C(=O)O)Cc2cc(C(F)(F)F)ccc2N1. The molecule has 1 aromatic rings. The topological polar surface area (TPSA) is 49.3 Å². The first-order valence-electron chi connectivity index (χ1n) is 4.94. The van der Waals surface area contributed by atoms with Crippen molar-refractivity contribution in [3.05, 3.63) is 29.3 Å². The molecule has 0 spiro atoms. The first-order valence-corrected chi connectivity index (χ1v) is 4.94. The molecule has 92 valence electrons. The van der Waals surface area contributed by atoms with E-state index in [9.17, 15) is 18.0 Å². The fraction of sp³-hybridized carbons (Fsp3) is 0.364.